The van der Waals surface area contributed by atoms with Crippen LogP contribution in [0, 0.1) is 0 Å². The number of hydrogen-bond acceptors (Lipinski definition) is 4. The van der Waals surface area contributed by atoms with E-state index in [2.05, 4.69) is 4.98 Å². The van der Waals surface area contributed by atoms with Crippen LogP contribution in [0.15, 0.2) is 48.7 Å². The molecule has 1 aromatic heterocycles. The quantitative estimate of drug-likeness (QED) is 0.789. The molecule has 1 N–H and O–H groups in total. The van der Waals surface area contributed by atoms with Crippen molar-refractivity contribution in [3.8, 4) is 11.6 Å². The maximum atomic E-state index is 8.43. The van der Waals surface area contributed by atoms with Crippen LogP contribution in [0.4, 0.5) is 0 Å². The molecule has 1 aromatic carbocycles. The predicted molar refractivity (Wildman–Crippen MR) is 63.6 cm³/mol. The summed E-state index contributed by atoms with van der Waals surface area (Å²) in [5.74, 6) is 0.971. The van der Waals surface area contributed by atoms with Crippen LogP contribution in [0.3, 0.4) is 0 Å². The molecule has 0 saturated heterocycles. The zero-order valence-electron chi connectivity index (χ0n) is 9.11. The van der Waals surface area contributed by atoms with Gasteiger partial charge in [0, 0.05) is 6.07 Å². The molecule has 0 bridgehead atoms. The van der Waals surface area contributed by atoms with E-state index in [-0.39, 0.29) is 0 Å². The van der Waals surface area contributed by atoms with E-state index < -0.39 is 0 Å². The van der Waals surface area contributed by atoms with Crippen molar-refractivity contribution in [2.75, 3.05) is 0 Å². The van der Waals surface area contributed by atoms with Gasteiger partial charge in [0.1, 0.15) is 12.4 Å². The van der Waals surface area contributed by atoms with E-state index in [1.54, 1.807) is 12.1 Å². The Hall–Kier alpha value is -2.01. The molecule has 0 aliphatic heterocycles. The molecule has 0 saturated carbocycles. The number of hydrogen-bond donors (Lipinski definition) is 1. The van der Waals surface area contributed by atoms with Crippen LogP contribution in [0.2, 0.25) is 0 Å². The van der Waals surface area contributed by atoms with Crippen LogP contribution in [0.1, 0.15) is 5.56 Å². The second-order valence-corrected chi connectivity index (χ2v) is 3.33. The molecule has 0 amide bonds. The Morgan fingerprint density at radius 3 is 2.59 bits per heavy atom. The van der Waals surface area contributed by atoms with E-state index in [1.807, 2.05) is 30.3 Å². The molecule has 0 atom stereocenters. The normalized spacial score (nSPS) is 9.71. The van der Waals surface area contributed by atoms with Crippen molar-refractivity contribution in [2.24, 2.45) is 0 Å². The van der Waals surface area contributed by atoms with Crippen molar-refractivity contribution in [3.05, 3.63) is 54.2 Å². The minimum Gasteiger partial charge on any atom is -0.536 e. The average molecular weight is 228 g/mol. The van der Waals surface area contributed by atoms with Gasteiger partial charge in [-0.25, -0.2) is 4.98 Å². The highest BCUT2D eigenvalue weighted by Crippen LogP contribution is 2.14. The molecule has 0 spiro atoms. The predicted octanol–water partition coefficient (Wildman–Crippen LogP) is 1.57. The molecule has 0 fully saturated rings. The Morgan fingerprint density at radius 1 is 1.12 bits per heavy atom. The molecule has 0 unspecified atom stereocenters. The third-order valence-electron chi connectivity index (χ3n) is 2.13. The second kappa shape index (κ2) is 5.91. The van der Waals surface area contributed by atoms with Gasteiger partial charge in [-0.2, -0.15) is 0 Å². The van der Waals surface area contributed by atoms with Crippen LogP contribution >= 0.6 is 0 Å². The van der Waals surface area contributed by atoms with Crippen molar-refractivity contribution in [2.45, 2.75) is 6.61 Å². The van der Waals surface area contributed by atoms with Gasteiger partial charge in [-0.15, -0.1) is 0 Å². The first kappa shape index (κ1) is 11.5. The van der Waals surface area contributed by atoms with Gasteiger partial charge in [-0.1, -0.05) is 30.3 Å². The standard InChI is InChI=1S/C12H11BNO3/c15-13-17-11-6-7-12(14-8-11)16-9-10-4-2-1-3-5-10/h1-8,15H,9H2. The lowest BCUT2D eigenvalue weighted by Crippen LogP contribution is -2.01. The summed E-state index contributed by atoms with van der Waals surface area (Å²) in [4.78, 5) is 4.03. The van der Waals surface area contributed by atoms with Crippen molar-refractivity contribution in [1.29, 1.82) is 0 Å². The van der Waals surface area contributed by atoms with Gasteiger partial charge in [0.15, 0.2) is 0 Å². The average Bonchev–Trinajstić information content (AvgIpc) is 2.40. The van der Waals surface area contributed by atoms with Gasteiger partial charge in [0.25, 0.3) is 0 Å². The summed E-state index contributed by atoms with van der Waals surface area (Å²) in [6, 6.07) is 13.2. The molecular formula is C12H11BNO3. The van der Waals surface area contributed by atoms with E-state index in [9.17, 15) is 0 Å². The first-order chi connectivity index (χ1) is 8.38. The molecule has 2 rings (SSSR count). The minimum absolute atomic E-state index is 0.458. The highest BCUT2D eigenvalue weighted by atomic mass is 16.5. The fourth-order valence-corrected chi connectivity index (χ4v) is 1.31. The number of benzene rings is 1. The van der Waals surface area contributed by atoms with Crippen molar-refractivity contribution < 1.29 is 14.4 Å². The maximum Gasteiger partial charge on any atom is 0.569 e. The molecule has 85 valence electrons. The Bertz CT molecular complexity index is 447. The van der Waals surface area contributed by atoms with E-state index >= 15 is 0 Å². The maximum absolute atomic E-state index is 8.43. The van der Waals surface area contributed by atoms with Gasteiger partial charge in [-0.3, -0.25) is 0 Å². The van der Waals surface area contributed by atoms with Crippen LogP contribution < -0.4 is 9.39 Å². The summed E-state index contributed by atoms with van der Waals surface area (Å²) in [5.41, 5.74) is 1.08. The molecule has 2 aromatic rings. The summed E-state index contributed by atoms with van der Waals surface area (Å²) in [6.07, 6.45) is 1.48. The lowest BCUT2D eigenvalue weighted by atomic mass is 10.2. The van der Waals surface area contributed by atoms with E-state index in [0.717, 1.165) is 5.56 Å². The fourth-order valence-electron chi connectivity index (χ4n) is 1.31. The Balaban J connectivity index is 1.91. The summed E-state index contributed by atoms with van der Waals surface area (Å²) < 4.78 is 10.2. The van der Waals surface area contributed by atoms with Gasteiger partial charge in [0.2, 0.25) is 5.88 Å². The molecular weight excluding hydrogens is 217 g/mol. The Morgan fingerprint density at radius 2 is 1.94 bits per heavy atom. The lowest BCUT2D eigenvalue weighted by molar-refractivity contribution is 0.293. The zero-order valence-corrected chi connectivity index (χ0v) is 9.11. The summed E-state index contributed by atoms with van der Waals surface area (Å²) in [7, 11) is 0.613. The smallest absolute Gasteiger partial charge is 0.536 e. The molecule has 0 aliphatic carbocycles. The number of nitrogens with zero attached hydrogens (tertiary/aromatic N) is 1. The monoisotopic (exact) mass is 228 g/mol. The Labute approximate surface area is 100 Å². The molecule has 0 aliphatic rings. The highest BCUT2D eigenvalue weighted by molar-refractivity contribution is 6.17. The van der Waals surface area contributed by atoms with Gasteiger partial charge in [-0.05, 0) is 11.6 Å². The van der Waals surface area contributed by atoms with Crippen LogP contribution in [0.25, 0.3) is 0 Å². The van der Waals surface area contributed by atoms with Gasteiger partial charge in [0.05, 0.1) is 6.20 Å². The lowest BCUT2D eigenvalue weighted by Gasteiger charge is -2.06. The van der Waals surface area contributed by atoms with Crippen LogP contribution in [0.5, 0.6) is 11.6 Å². The van der Waals surface area contributed by atoms with Gasteiger partial charge < -0.3 is 14.4 Å². The van der Waals surface area contributed by atoms with E-state index in [0.29, 0.717) is 25.9 Å². The number of rotatable bonds is 5. The van der Waals surface area contributed by atoms with Crippen molar-refractivity contribution in [1.82, 2.24) is 4.98 Å². The zero-order chi connectivity index (χ0) is 11.9. The number of ether oxygens (including phenoxy) is 1. The molecule has 5 heteroatoms. The van der Waals surface area contributed by atoms with E-state index in [1.165, 1.54) is 6.20 Å². The second-order valence-electron chi connectivity index (χ2n) is 3.33. The molecule has 1 heterocycles. The summed E-state index contributed by atoms with van der Waals surface area (Å²) in [6.45, 7) is 0.472. The highest BCUT2D eigenvalue weighted by Gasteiger charge is 1.99. The van der Waals surface area contributed by atoms with E-state index in [4.69, 9.17) is 14.4 Å². The molecule has 4 nitrogen and oxygen atoms in total. The Kier molecular flexibility index (Phi) is 3.99. The third-order valence-corrected chi connectivity index (χ3v) is 2.13. The van der Waals surface area contributed by atoms with Crippen LogP contribution in [-0.2, 0) is 6.61 Å². The minimum atomic E-state index is 0.458. The SMILES string of the molecule is O[B]Oc1ccc(OCc2ccccc2)nc1. The fraction of sp³-hybridized carbons (Fsp3) is 0.0833. The molecule has 17 heavy (non-hydrogen) atoms. The van der Waals surface area contributed by atoms with Crippen molar-refractivity contribution >= 4 is 7.69 Å². The first-order valence-corrected chi connectivity index (χ1v) is 5.14. The van der Waals surface area contributed by atoms with Gasteiger partial charge >= 0.3 is 7.69 Å². The van der Waals surface area contributed by atoms with Crippen molar-refractivity contribution in [3.63, 3.8) is 0 Å². The largest absolute Gasteiger partial charge is 0.569 e. The number of pyridine rings is 1. The summed E-state index contributed by atoms with van der Waals surface area (Å²) in [5, 5.41) is 8.43. The summed E-state index contributed by atoms with van der Waals surface area (Å²) >= 11 is 0. The third kappa shape index (κ3) is 3.50. The topological polar surface area (TPSA) is 51.6 Å². The first-order valence-electron chi connectivity index (χ1n) is 5.14. The van der Waals surface area contributed by atoms with Crippen LogP contribution in [-0.4, -0.2) is 17.7 Å². The molecule has 1 radical (unpaired) electrons. The number of aromatic nitrogens is 1.